The molecule has 130 valence electrons. The fraction of sp³-hybridized carbons (Fsp3) is 0.350. The lowest BCUT2D eigenvalue weighted by molar-refractivity contribution is 0.0939. The number of nitrogens with zero attached hydrogens (tertiary/aromatic N) is 3. The average Bonchev–Trinajstić information content (AvgIpc) is 3.01. The Hall–Kier alpha value is -2.69. The lowest BCUT2D eigenvalue weighted by atomic mass is 10.1. The predicted molar refractivity (Wildman–Crippen MR) is 101 cm³/mol. The zero-order valence-electron chi connectivity index (χ0n) is 15.2. The standard InChI is InChI=1S/C20H24N4O/c1-5-14(4)22-20(25)16-9-6-8-15(12-16)18-23-17-10-7-11-21-19(17)24(18)13(2)3/h6-14H,5H2,1-4H3,(H,22,25). The molecule has 3 aromatic rings. The van der Waals surface area contributed by atoms with Crippen LogP contribution in [-0.4, -0.2) is 26.5 Å². The quantitative estimate of drug-likeness (QED) is 0.759. The van der Waals surface area contributed by atoms with E-state index in [4.69, 9.17) is 4.98 Å². The Labute approximate surface area is 148 Å². The zero-order valence-corrected chi connectivity index (χ0v) is 15.2. The van der Waals surface area contributed by atoms with Crippen LogP contribution in [0.5, 0.6) is 0 Å². The van der Waals surface area contributed by atoms with Crippen LogP contribution in [-0.2, 0) is 0 Å². The molecule has 0 saturated heterocycles. The molecule has 1 unspecified atom stereocenters. The number of aromatic nitrogens is 3. The van der Waals surface area contributed by atoms with E-state index in [1.165, 1.54) is 0 Å². The van der Waals surface area contributed by atoms with E-state index < -0.39 is 0 Å². The number of fused-ring (bicyclic) bond motifs is 1. The van der Waals surface area contributed by atoms with Gasteiger partial charge in [0.05, 0.1) is 0 Å². The summed E-state index contributed by atoms with van der Waals surface area (Å²) in [6, 6.07) is 11.8. The fourth-order valence-corrected chi connectivity index (χ4v) is 2.83. The molecule has 0 aliphatic heterocycles. The minimum absolute atomic E-state index is 0.0541. The monoisotopic (exact) mass is 336 g/mol. The summed E-state index contributed by atoms with van der Waals surface area (Å²) in [5.74, 6) is 0.781. The third kappa shape index (κ3) is 3.40. The third-order valence-corrected chi connectivity index (χ3v) is 4.34. The van der Waals surface area contributed by atoms with Crippen molar-refractivity contribution in [1.29, 1.82) is 0 Å². The van der Waals surface area contributed by atoms with Crippen LogP contribution in [0.4, 0.5) is 0 Å². The predicted octanol–water partition coefficient (Wildman–Crippen LogP) is 4.21. The Morgan fingerprint density at radius 3 is 2.72 bits per heavy atom. The van der Waals surface area contributed by atoms with Gasteiger partial charge >= 0.3 is 0 Å². The molecule has 1 N–H and O–H groups in total. The molecule has 0 radical (unpaired) electrons. The van der Waals surface area contributed by atoms with Crippen molar-refractivity contribution in [3.05, 3.63) is 48.2 Å². The van der Waals surface area contributed by atoms with E-state index in [-0.39, 0.29) is 18.0 Å². The second-order valence-corrected chi connectivity index (χ2v) is 6.61. The maximum Gasteiger partial charge on any atom is 0.251 e. The van der Waals surface area contributed by atoms with Crippen LogP contribution >= 0.6 is 0 Å². The van der Waals surface area contributed by atoms with Crippen LogP contribution in [0.15, 0.2) is 42.6 Å². The maximum absolute atomic E-state index is 12.4. The molecule has 25 heavy (non-hydrogen) atoms. The van der Waals surface area contributed by atoms with Gasteiger partial charge in [-0.25, -0.2) is 9.97 Å². The Morgan fingerprint density at radius 2 is 2.00 bits per heavy atom. The van der Waals surface area contributed by atoms with Gasteiger partial charge in [-0.2, -0.15) is 0 Å². The highest BCUT2D eigenvalue weighted by atomic mass is 16.1. The molecule has 2 heterocycles. The van der Waals surface area contributed by atoms with Gasteiger partial charge in [0.15, 0.2) is 5.65 Å². The van der Waals surface area contributed by atoms with E-state index in [1.54, 1.807) is 6.20 Å². The molecule has 0 fully saturated rings. The topological polar surface area (TPSA) is 59.8 Å². The molecular formula is C20H24N4O. The van der Waals surface area contributed by atoms with Crippen molar-refractivity contribution in [3.8, 4) is 11.4 Å². The van der Waals surface area contributed by atoms with Crippen LogP contribution in [0.25, 0.3) is 22.6 Å². The number of benzene rings is 1. The van der Waals surface area contributed by atoms with Gasteiger partial charge in [-0.3, -0.25) is 4.79 Å². The average molecular weight is 336 g/mol. The summed E-state index contributed by atoms with van der Waals surface area (Å²) in [5, 5.41) is 3.01. The molecule has 1 atom stereocenters. The van der Waals surface area contributed by atoms with E-state index in [0.717, 1.165) is 29.0 Å². The van der Waals surface area contributed by atoms with E-state index in [1.807, 2.05) is 43.3 Å². The molecular weight excluding hydrogens is 312 g/mol. The smallest absolute Gasteiger partial charge is 0.251 e. The number of nitrogens with one attached hydrogen (secondary N) is 1. The molecule has 1 amide bonds. The zero-order chi connectivity index (χ0) is 18.0. The molecule has 3 rings (SSSR count). The number of carbonyl (C=O) groups is 1. The van der Waals surface area contributed by atoms with Gasteiger partial charge in [-0.05, 0) is 51.5 Å². The van der Waals surface area contributed by atoms with Crippen LogP contribution in [0, 0.1) is 0 Å². The van der Waals surface area contributed by atoms with Gasteiger partial charge in [-0.1, -0.05) is 19.1 Å². The fourth-order valence-electron chi connectivity index (χ4n) is 2.83. The molecule has 1 aromatic carbocycles. The number of pyridine rings is 1. The summed E-state index contributed by atoms with van der Waals surface area (Å²) in [5.41, 5.74) is 3.29. The summed E-state index contributed by atoms with van der Waals surface area (Å²) >= 11 is 0. The first-order chi connectivity index (χ1) is 12.0. The second kappa shape index (κ2) is 7.05. The van der Waals surface area contributed by atoms with E-state index in [2.05, 4.69) is 35.6 Å². The lowest BCUT2D eigenvalue weighted by Gasteiger charge is -2.14. The van der Waals surface area contributed by atoms with E-state index in [0.29, 0.717) is 5.56 Å². The highest BCUT2D eigenvalue weighted by molar-refractivity contribution is 5.95. The van der Waals surface area contributed by atoms with Crippen LogP contribution < -0.4 is 5.32 Å². The van der Waals surface area contributed by atoms with Gasteiger partial charge in [0, 0.05) is 29.4 Å². The van der Waals surface area contributed by atoms with Gasteiger partial charge in [0.1, 0.15) is 11.3 Å². The maximum atomic E-state index is 12.4. The van der Waals surface area contributed by atoms with Crippen LogP contribution in [0.3, 0.4) is 0 Å². The van der Waals surface area contributed by atoms with Crippen molar-refractivity contribution in [2.75, 3.05) is 0 Å². The number of amides is 1. The summed E-state index contributed by atoms with van der Waals surface area (Å²) in [4.78, 5) is 21.7. The number of rotatable bonds is 5. The van der Waals surface area contributed by atoms with Crippen molar-refractivity contribution in [3.63, 3.8) is 0 Å². The van der Waals surface area contributed by atoms with Crippen LogP contribution in [0.2, 0.25) is 0 Å². The Morgan fingerprint density at radius 1 is 1.20 bits per heavy atom. The van der Waals surface area contributed by atoms with Crippen molar-refractivity contribution in [2.24, 2.45) is 0 Å². The Balaban J connectivity index is 2.06. The number of carbonyl (C=O) groups excluding carboxylic acids is 1. The van der Waals surface area contributed by atoms with Crippen molar-refractivity contribution in [1.82, 2.24) is 19.9 Å². The number of hydrogen-bond donors (Lipinski definition) is 1. The molecule has 0 saturated carbocycles. The molecule has 0 bridgehead atoms. The molecule has 5 heteroatoms. The van der Waals surface area contributed by atoms with Crippen molar-refractivity contribution >= 4 is 17.1 Å². The van der Waals surface area contributed by atoms with E-state index >= 15 is 0 Å². The number of hydrogen-bond acceptors (Lipinski definition) is 3. The Bertz CT molecular complexity index is 898. The summed E-state index contributed by atoms with van der Waals surface area (Å²) in [7, 11) is 0. The van der Waals surface area contributed by atoms with Crippen molar-refractivity contribution in [2.45, 2.75) is 46.2 Å². The van der Waals surface area contributed by atoms with Gasteiger partial charge in [0.25, 0.3) is 5.91 Å². The van der Waals surface area contributed by atoms with Gasteiger partial charge in [-0.15, -0.1) is 0 Å². The summed E-state index contributed by atoms with van der Waals surface area (Å²) < 4.78 is 2.11. The lowest BCUT2D eigenvalue weighted by Crippen LogP contribution is -2.31. The normalized spacial score (nSPS) is 12.5. The Kier molecular flexibility index (Phi) is 4.83. The highest BCUT2D eigenvalue weighted by Gasteiger charge is 2.17. The molecule has 0 aliphatic rings. The van der Waals surface area contributed by atoms with Gasteiger partial charge in [0.2, 0.25) is 0 Å². The van der Waals surface area contributed by atoms with Crippen molar-refractivity contribution < 1.29 is 4.79 Å². The van der Waals surface area contributed by atoms with Gasteiger partial charge < -0.3 is 9.88 Å². The van der Waals surface area contributed by atoms with E-state index in [9.17, 15) is 4.79 Å². The summed E-state index contributed by atoms with van der Waals surface area (Å²) in [6.45, 7) is 8.28. The molecule has 5 nitrogen and oxygen atoms in total. The van der Waals surface area contributed by atoms with Crippen LogP contribution in [0.1, 0.15) is 50.5 Å². The number of imidazole rings is 1. The first-order valence-corrected chi connectivity index (χ1v) is 8.75. The highest BCUT2D eigenvalue weighted by Crippen LogP contribution is 2.27. The minimum Gasteiger partial charge on any atom is -0.350 e. The first kappa shape index (κ1) is 17.1. The molecule has 2 aromatic heterocycles. The molecule has 0 aliphatic carbocycles. The second-order valence-electron chi connectivity index (χ2n) is 6.61. The largest absolute Gasteiger partial charge is 0.350 e. The first-order valence-electron chi connectivity index (χ1n) is 8.75. The molecule has 0 spiro atoms. The SMILES string of the molecule is CCC(C)NC(=O)c1cccc(-c2nc3cccnc3n2C(C)C)c1. The third-order valence-electron chi connectivity index (χ3n) is 4.34. The minimum atomic E-state index is -0.0541. The summed E-state index contributed by atoms with van der Waals surface area (Å²) in [6.07, 6.45) is 2.68.